The van der Waals surface area contributed by atoms with Gasteiger partial charge in [0.15, 0.2) is 0 Å². The molecule has 0 aromatic heterocycles. The molecule has 1 saturated carbocycles. The van der Waals surface area contributed by atoms with Gasteiger partial charge in [-0.3, -0.25) is 4.79 Å². The Morgan fingerprint density at radius 2 is 2.10 bits per heavy atom. The number of carbonyl (C=O) groups excluding carboxylic acids is 1. The van der Waals surface area contributed by atoms with Gasteiger partial charge in [0, 0.05) is 17.3 Å². The van der Waals surface area contributed by atoms with Crippen LogP contribution in [-0.2, 0) is 11.3 Å². The molecule has 1 aromatic carbocycles. The Bertz CT molecular complexity index is 480. The lowest BCUT2D eigenvalue weighted by Crippen LogP contribution is -2.34. The van der Waals surface area contributed by atoms with Gasteiger partial charge < -0.3 is 4.90 Å². The minimum absolute atomic E-state index is 0.0870. The van der Waals surface area contributed by atoms with E-state index in [1.807, 2.05) is 11.0 Å². The number of amides is 1. The molecular weight excluding hydrogens is 273 g/mol. The zero-order chi connectivity index (χ0) is 14.8. The molecule has 2 nitrogen and oxygen atoms in total. The molecule has 0 atom stereocenters. The highest BCUT2D eigenvalue weighted by molar-refractivity contribution is 8.01. The number of nitrogens with zero attached hydrogens (tertiary/aromatic N) is 1. The van der Waals surface area contributed by atoms with Gasteiger partial charge in [-0.1, -0.05) is 32.9 Å². The van der Waals surface area contributed by atoms with Gasteiger partial charge in [0.05, 0.1) is 5.75 Å². The van der Waals surface area contributed by atoms with E-state index in [1.54, 1.807) is 17.8 Å². The molecule has 1 fully saturated rings. The van der Waals surface area contributed by atoms with Crippen LogP contribution in [0, 0.1) is 5.82 Å². The lowest BCUT2D eigenvalue weighted by Gasteiger charge is -2.25. The molecule has 4 heteroatoms. The summed E-state index contributed by atoms with van der Waals surface area (Å²) in [5, 5.41) is 0. The maximum atomic E-state index is 13.2. The fourth-order valence-electron chi connectivity index (χ4n) is 2.00. The van der Waals surface area contributed by atoms with E-state index in [4.69, 9.17) is 0 Å². The van der Waals surface area contributed by atoms with Gasteiger partial charge in [-0.2, -0.15) is 0 Å². The molecule has 0 radical (unpaired) electrons. The summed E-state index contributed by atoms with van der Waals surface area (Å²) in [4.78, 5) is 14.3. The van der Waals surface area contributed by atoms with Crippen LogP contribution in [0.25, 0.3) is 0 Å². The first-order valence-corrected chi connectivity index (χ1v) is 8.01. The largest absolute Gasteiger partial charge is 0.335 e. The number of thioether (sulfide) groups is 1. The predicted octanol–water partition coefficient (Wildman–Crippen LogP) is 3.85. The second-order valence-electron chi connectivity index (χ2n) is 6.28. The van der Waals surface area contributed by atoms with Crippen molar-refractivity contribution in [2.45, 2.75) is 50.9 Å². The molecule has 0 unspecified atom stereocenters. The van der Waals surface area contributed by atoms with Crippen LogP contribution in [-0.4, -0.2) is 27.3 Å². The highest BCUT2D eigenvalue weighted by Gasteiger charge is 2.32. The summed E-state index contributed by atoms with van der Waals surface area (Å²) in [6.45, 7) is 6.85. The molecule has 0 heterocycles. The van der Waals surface area contributed by atoms with Crippen LogP contribution in [0.1, 0.15) is 39.2 Å². The van der Waals surface area contributed by atoms with E-state index in [0.717, 1.165) is 18.4 Å². The first-order chi connectivity index (χ1) is 9.35. The van der Waals surface area contributed by atoms with Crippen molar-refractivity contribution < 1.29 is 9.18 Å². The second kappa shape index (κ2) is 6.17. The average molecular weight is 295 g/mol. The van der Waals surface area contributed by atoms with Crippen LogP contribution in [0.3, 0.4) is 0 Å². The molecule has 0 spiro atoms. The number of hydrogen-bond acceptors (Lipinski definition) is 2. The molecule has 0 bridgehead atoms. The Labute approximate surface area is 124 Å². The Balaban J connectivity index is 1.98. The van der Waals surface area contributed by atoms with E-state index < -0.39 is 0 Å². The molecule has 1 aliphatic rings. The zero-order valence-electron chi connectivity index (χ0n) is 12.4. The van der Waals surface area contributed by atoms with E-state index in [-0.39, 0.29) is 16.5 Å². The molecule has 1 aromatic rings. The first-order valence-electron chi connectivity index (χ1n) is 7.03. The number of rotatable bonds is 5. The topological polar surface area (TPSA) is 20.3 Å². The fourth-order valence-corrected chi connectivity index (χ4v) is 2.72. The summed E-state index contributed by atoms with van der Waals surface area (Å²) >= 11 is 1.66. The summed E-state index contributed by atoms with van der Waals surface area (Å²) in [5.41, 5.74) is 0.867. The van der Waals surface area contributed by atoms with Crippen molar-refractivity contribution in [3.63, 3.8) is 0 Å². The minimum Gasteiger partial charge on any atom is -0.335 e. The SMILES string of the molecule is CC(C)(C)SCC(=O)N(Cc1cccc(F)c1)C1CC1. The van der Waals surface area contributed by atoms with E-state index in [0.29, 0.717) is 18.3 Å². The molecule has 20 heavy (non-hydrogen) atoms. The van der Waals surface area contributed by atoms with Crippen molar-refractivity contribution >= 4 is 17.7 Å². The summed E-state index contributed by atoms with van der Waals surface area (Å²) in [7, 11) is 0. The normalized spacial score (nSPS) is 15.2. The molecule has 0 N–H and O–H groups in total. The Kier molecular flexibility index (Phi) is 4.74. The van der Waals surface area contributed by atoms with Crippen LogP contribution >= 0.6 is 11.8 Å². The van der Waals surface area contributed by atoms with Gasteiger partial charge in [0.2, 0.25) is 5.91 Å². The van der Waals surface area contributed by atoms with Crippen molar-refractivity contribution in [2.75, 3.05) is 5.75 Å². The summed E-state index contributed by atoms with van der Waals surface area (Å²) < 4.78 is 13.3. The van der Waals surface area contributed by atoms with Gasteiger partial charge in [-0.25, -0.2) is 4.39 Å². The van der Waals surface area contributed by atoms with Gasteiger partial charge >= 0.3 is 0 Å². The zero-order valence-corrected chi connectivity index (χ0v) is 13.2. The van der Waals surface area contributed by atoms with E-state index in [2.05, 4.69) is 20.8 Å². The maximum absolute atomic E-state index is 13.2. The van der Waals surface area contributed by atoms with Crippen molar-refractivity contribution in [3.05, 3.63) is 35.6 Å². The monoisotopic (exact) mass is 295 g/mol. The third-order valence-electron chi connectivity index (χ3n) is 3.18. The standard InChI is InChI=1S/C16H22FNOS/c1-16(2,3)20-11-15(19)18(14-7-8-14)10-12-5-4-6-13(17)9-12/h4-6,9,14H,7-8,10-11H2,1-3H3. The van der Waals surface area contributed by atoms with Gasteiger partial charge in [0.25, 0.3) is 0 Å². The molecule has 1 amide bonds. The summed E-state index contributed by atoms with van der Waals surface area (Å²) in [6, 6.07) is 6.88. The quantitative estimate of drug-likeness (QED) is 0.822. The molecule has 0 aliphatic heterocycles. The Morgan fingerprint density at radius 1 is 1.40 bits per heavy atom. The highest BCUT2D eigenvalue weighted by atomic mass is 32.2. The molecular formula is C16H22FNOS. The first kappa shape index (κ1) is 15.4. The number of halogens is 1. The minimum atomic E-state index is -0.241. The second-order valence-corrected chi connectivity index (χ2v) is 8.09. The summed E-state index contributed by atoms with van der Waals surface area (Å²) in [6.07, 6.45) is 2.14. The Morgan fingerprint density at radius 3 is 2.65 bits per heavy atom. The number of hydrogen-bond donors (Lipinski definition) is 0. The van der Waals surface area contributed by atoms with Crippen LogP contribution in [0.5, 0.6) is 0 Å². The lowest BCUT2D eigenvalue weighted by atomic mass is 10.2. The average Bonchev–Trinajstić information content (AvgIpc) is 3.16. The number of benzene rings is 1. The van der Waals surface area contributed by atoms with Crippen LogP contribution in [0.15, 0.2) is 24.3 Å². The molecule has 0 saturated heterocycles. The van der Waals surface area contributed by atoms with Crippen LogP contribution < -0.4 is 0 Å². The Hall–Kier alpha value is -1.03. The van der Waals surface area contributed by atoms with Crippen molar-refractivity contribution in [1.82, 2.24) is 4.90 Å². The van der Waals surface area contributed by atoms with E-state index in [9.17, 15) is 9.18 Å². The third kappa shape index (κ3) is 4.82. The molecule has 1 aliphatic carbocycles. The highest BCUT2D eigenvalue weighted by Crippen LogP contribution is 2.30. The maximum Gasteiger partial charge on any atom is 0.233 e. The van der Waals surface area contributed by atoms with E-state index in [1.165, 1.54) is 12.1 Å². The lowest BCUT2D eigenvalue weighted by molar-refractivity contribution is -0.129. The van der Waals surface area contributed by atoms with Crippen LogP contribution in [0.2, 0.25) is 0 Å². The molecule has 110 valence electrons. The predicted molar refractivity (Wildman–Crippen MR) is 82.2 cm³/mol. The third-order valence-corrected chi connectivity index (χ3v) is 4.44. The van der Waals surface area contributed by atoms with Crippen molar-refractivity contribution in [1.29, 1.82) is 0 Å². The van der Waals surface area contributed by atoms with Crippen molar-refractivity contribution in [2.24, 2.45) is 0 Å². The van der Waals surface area contributed by atoms with E-state index >= 15 is 0 Å². The van der Waals surface area contributed by atoms with Gasteiger partial charge in [-0.15, -0.1) is 11.8 Å². The van der Waals surface area contributed by atoms with Crippen molar-refractivity contribution in [3.8, 4) is 0 Å². The smallest absolute Gasteiger partial charge is 0.233 e. The molecule has 2 rings (SSSR count). The number of carbonyl (C=O) groups is 1. The van der Waals surface area contributed by atoms with Gasteiger partial charge in [0.1, 0.15) is 5.82 Å². The van der Waals surface area contributed by atoms with Gasteiger partial charge in [-0.05, 0) is 30.5 Å². The fraction of sp³-hybridized carbons (Fsp3) is 0.562. The van der Waals surface area contributed by atoms with Crippen LogP contribution in [0.4, 0.5) is 4.39 Å². The summed E-state index contributed by atoms with van der Waals surface area (Å²) in [5.74, 6) is 0.418.